The minimum atomic E-state index is -0.966. The van der Waals surface area contributed by atoms with Crippen molar-refractivity contribution in [1.82, 2.24) is 44.6 Å². The number of imide groups is 1. The number of hydrogen-bond acceptors (Lipinski definition) is 18. The fraction of sp³-hybridized carbons (Fsp3) is 0.308. The number of hydrogen-bond donors (Lipinski definition) is 3. The monoisotopic (exact) mass is 1070 g/mol. The number of methoxy groups -OCH3 is 1. The number of rotatable bonds is 8. The molecule has 2 aromatic carbocycles. The normalized spacial score (nSPS) is 15.5. The van der Waals surface area contributed by atoms with Crippen LogP contribution in [0.15, 0.2) is 71.7 Å². The van der Waals surface area contributed by atoms with Gasteiger partial charge in [0.25, 0.3) is 17.6 Å². The van der Waals surface area contributed by atoms with Gasteiger partial charge in [-0.1, -0.05) is 12.1 Å². The lowest BCUT2D eigenvalue weighted by Gasteiger charge is -2.32. The maximum atomic E-state index is 15.1. The molecule has 6 aromatic heterocycles. The number of aromatic amines is 1. The predicted octanol–water partition coefficient (Wildman–Crippen LogP) is 6.02. The quantitative estimate of drug-likeness (QED) is 0.0682. The molecule has 4 N–H and O–H groups in total. The van der Waals surface area contributed by atoms with Crippen LogP contribution in [0, 0.1) is 11.6 Å². The molecule has 2 saturated heterocycles. The van der Waals surface area contributed by atoms with E-state index in [-0.39, 0.29) is 39.6 Å². The molecule has 3 aliphatic heterocycles. The highest BCUT2D eigenvalue weighted by Crippen LogP contribution is 2.39. The molecule has 76 heavy (non-hydrogen) atoms. The van der Waals surface area contributed by atoms with E-state index >= 15 is 4.39 Å². The standard InChI is InChI=1S/C23H19FN6O2S.C15H18FN5O.C14H15NO5S/c1-29-6-8-30(9-7-29)23-26-14-4-2-3-13(24)17(14)19(27-23)18-16(21(31)28-22(18)32)12-11-25-15-5-10-33-20(12)15;1-20-5-7-21(8-6-20)15-18-11-4-2-3-10(16)14(11)12(19-15)9-13(17)22;1-14(2,3)20-13(18)15-7-8(10(16)12(17)19-4)11-9(15)5-6-21-11/h2-5,10-11,25H,6-9H2,1H3,(H,28,31,32);2-4H,5-9H2,1H3,(H2,17,22);5-7H,1-4H3. The Morgan fingerprint density at radius 1 is 0.737 bits per heavy atom. The second kappa shape index (κ2) is 21.7. The Bertz CT molecular complexity index is 3640. The summed E-state index contributed by atoms with van der Waals surface area (Å²) in [6.45, 7) is 11.8. The summed E-state index contributed by atoms with van der Waals surface area (Å²) in [6.07, 6.45) is 2.32. The topological polar surface area (TPSA) is 244 Å². The number of esters is 1. The van der Waals surface area contributed by atoms with Crippen LogP contribution in [0.5, 0.6) is 0 Å². The zero-order valence-corrected chi connectivity index (χ0v) is 43.9. The van der Waals surface area contributed by atoms with Gasteiger partial charge in [-0.05, 0) is 82.0 Å². The molecule has 3 amide bonds. The summed E-state index contributed by atoms with van der Waals surface area (Å²) < 4.78 is 41.5. The van der Waals surface area contributed by atoms with Crippen LogP contribution in [0.1, 0.15) is 48.1 Å². The van der Waals surface area contributed by atoms with Gasteiger partial charge in [0.2, 0.25) is 17.8 Å². The number of ether oxygens (including phenoxy) is 2. The lowest BCUT2D eigenvalue weighted by Crippen LogP contribution is -2.45. The molecule has 20 nitrogen and oxygen atoms in total. The Kier molecular flexibility index (Phi) is 15.0. The van der Waals surface area contributed by atoms with Crippen molar-refractivity contribution < 1.29 is 47.0 Å². The van der Waals surface area contributed by atoms with E-state index < -0.39 is 52.8 Å². The second-order valence-electron chi connectivity index (χ2n) is 19.1. The number of aromatic nitrogens is 6. The second-order valence-corrected chi connectivity index (χ2v) is 20.9. The Hall–Kier alpha value is -8.06. The van der Waals surface area contributed by atoms with Crippen LogP contribution in [0.2, 0.25) is 0 Å². The Morgan fingerprint density at radius 2 is 1.30 bits per heavy atom. The van der Waals surface area contributed by atoms with E-state index in [1.165, 1.54) is 45.6 Å². The number of anilines is 2. The van der Waals surface area contributed by atoms with Gasteiger partial charge in [0, 0.05) is 70.3 Å². The summed E-state index contributed by atoms with van der Waals surface area (Å²) in [7, 11) is 5.25. The van der Waals surface area contributed by atoms with Crippen molar-refractivity contribution in [3.8, 4) is 0 Å². The van der Waals surface area contributed by atoms with Crippen LogP contribution >= 0.6 is 22.7 Å². The summed E-state index contributed by atoms with van der Waals surface area (Å²) in [4.78, 5) is 103. The molecule has 0 saturated carbocycles. The Labute approximate surface area is 441 Å². The van der Waals surface area contributed by atoms with Gasteiger partial charge in [-0.25, -0.2) is 38.3 Å². The van der Waals surface area contributed by atoms with Gasteiger partial charge in [-0.15, -0.1) is 22.7 Å². The molecule has 3 aliphatic rings. The molecule has 0 radical (unpaired) electrons. The summed E-state index contributed by atoms with van der Waals surface area (Å²) >= 11 is 2.73. The number of fused-ring (bicyclic) bond motifs is 4. The van der Waals surface area contributed by atoms with Crippen molar-refractivity contribution in [2.24, 2.45) is 5.73 Å². The zero-order chi connectivity index (χ0) is 54.2. The van der Waals surface area contributed by atoms with Crippen molar-refractivity contribution in [3.63, 3.8) is 0 Å². The number of primary amides is 1. The number of nitrogens with zero attached hydrogens (tertiary/aromatic N) is 9. The minimum absolute atomic E-state index is 0.0715. The number of piperazine rings is 2. The summed E-state index contributed by atoms with van der Waals surface area (Å²) in [5.41, 5.74) is 8.39. The lowest BCUT2D eigenvalue weighted by molar-refractivity contribution is -0.135. The SMILES string of the molecule is CN1CCN(c2nc(C3=C(c4c[nH]c5ccsc45)C(=O)NC3=O)c3c(F)cccc3n2)CC1.CN1CCN(c2nc(CC(N)=O)c3c(F)cccc3n2)CC1.COC(=O)C(=O)c1cn(C(=O)OC(C)(C)C)c2ccsc12. The van der Waals surface area contributed by atoms with Gasteiger partial charge in [0.15, 0.2) is 0 Å². The molecule has 0 spiro atoms. The van der Waals surface area contributed by atoms with Gasteiger partial charge < -0.3 is 39.8 Å². The summed E-state index contributed by atoms with van der Waals surface area (Å²) in [6, 6.07) is 12.9. The predicted molar refractivity (Wildman–Crippen MR) is 285 cm³/mol. The van der Waals surface area contributed by atoms with Crippen LogP contribution in [0.4, 0.5) is 25.5 Å². The average molecular weight is 1080 g/mol. The first kappa shape index (κ1) is 52.8. The molecular formula is C52H52F2N12O8S2. The Balaban J connectivity index is 0.000000145. The van der Waals surface area contributed by atoms with Crippen LogP contribution in [0.3, 0.4) is 0 Å². The molecule has 9 heterocycles. The van der Waals surface area contributed by atoms with Crippen LogP contribution in [-0.2, 0) is 35.1 Å². The highest BCUT2D eigenvalue weighted by molar-refractivity contribution is 7.18. The van der Waals surface area contributed by atoms with Gasteiger partial charge in [-0.3, -0.25) is 29.1 Å². The van der Waals surface area contributed by atoms with E-state index in [2.05, 4.69) is 56.7 Å². The van der Waals surface area contributed by atoms with Crippen LogP contribution in [0.25, 0.3) is 53.4 Å². The third-order valence-corrected chi connectivity index (χ3v) is 14.5. The van der Waals surface area contributed by atoms with E-state index in [0.29, 0.717) is 57.5 Å². The first-order valence-corrected chi connectivity index (χ1v) is 25.7. The maximum Gasteiger partial charge on any atom is 0.419 e. The number of ketones is 1. The number of nitrogens with two attached hydrogens (primary N) is 1. The van der Waals surface area contributed by atoms with Crippen molar-refractivity contribution in [3.05, 3.63) is 106 Å². The molecule has 11 rings (SSSR count). The number of halogens is 2. The number of likely N-dealkylation sites (N-methyl/N-ethyl adjacent to an activating group) is 2. The van der Waals surface area contributed by atoms with Crippen molar-refractivity contribution in [2.75, 3.05) is 83.4 Å². The maximum absolute atomic E-state index is 15.1. The van der Waals surface area contributed by atoms with Gasteiger partial charge in [-0.2, -0.15) is 0 Å². The number of carbonyl (C=O) groups excluding carboxylic acids is 6. The smallest absolute Gasteiger partial charge is 0.419 e. The number of H-pyrrole nitrogens is 1. The van der Waals surface area contributed by atoms with Crippen molar-refractivity contribution >= 4 is 124 Å². The van der Waals surface area contributed by atoms with Gasteiger partial charge in [0.05, 0.1) is 83.9 Å². The Morgan fingerprint density at radius 3 is 1.91 bits per heavy atom. The van der Waals surface area contributed by atoms with Crippen LogP contribution < -0.4 is 20.9 Å². The van der Waals surface area contributed by atoms with E-state index in [1.54, 1.807) is 62.7 Å². The highest BCUT2D eigenvalue weighted by Gasteiger charge is 2.37. The molecular weight excluding hydrogens is 1020 g/mol. The fourth-order valence-electron chi connectivity index (χ4n) is 8.85. The minimum Gasteiger partial charge on any atom is -0.463 e. The number of carbonyl (C=O) groups is 6. The number of Topliss-reactive ketones (excluding diaryl/α,β-unsaturated/α-hetero) is 1. The van der Waals surface area contributed by atoms with Crippen molar-refractivity contribution in [1.29, 1.82) is 0 Å². The number of benzene rings is 2. The largest absolute Gasteiger partial charge is 0.463 e. The van der Waals surface area contributed by atoms with E-state index in [1.807, 2.05) is 23.4 Å². The summed E-state index contributed by atoms with van der Waals surface area (Å²) in [5, 5.41) is 6.44. The first-order chi connectivity index (χ1) is 36.3. The number of nitrogens with one attached hydrogen (secondary N) is 2. The molecule has 0 unspecified atom stereocenters. The third-order valence-electron chi connectivity index (χ3n) is 12.6. The number of thiophene rings is 2. The van der Waals surface area contributed by atoms with Gasteiger partial charge >= 0.3 is 12.1 Å². The zero-order valence-electron chi connectivity index (χ0n) is 42.2. The molecule has 8 aromatic rings. The molecule has 0 bridgehead atoms. The fourth-order valence-corrected chi connectivity index (χ4v) is 10.6. The molecule has 394 valence electrons. The molecule has 2 fully saturated rings. The third kappa shape index (κ3) is 10.9. The molecule has 0 atom stereocenters. The molecule has 24 heteroatoms. The van der Waals surface area contributed by atoms with Crippen LogP contribution in [-0.4, -0.2) is 154 Å². The summed E-state index contributed by atoms with van der Waals surface area (Å²) in [5.74, 6) is -3.41. The molecule has 0 aliphatic carbocycles. The lowest BCUT2D eigenvalue weighted by atomic mass is 9.98. The van der Waals surface area contributed by atoms with E-state index in [0.717, 1.165) is 56.6 Å². The number of amides is 3. The van der Waals surface area contributed by atoms with E-state index in [4.69, 9.17) is 10.5 Å². The highest BCUT2D eigenvalue weighted by atomic mass is 32.1. The van der Waals surface area contributed by atoms with E-state index in [9.17, 15) is 33.2 Å². The van der Waals surface area contributed by atoms with Crippen molar-refractivity contribution in [2.45, 2.75) is 32.8 Å². The first-order valence-electron chi connectivity index (χ1n) is 24.0. The van der Waals surface area contributed by atoms with Gasteiger partial charge in [0.1, 0.15) is 17.2 Å². The average Bonchev–Trinajstić information content (AvgIpc) is 4.23.